The third kappa shape index (κ3) is 4.46. The summed E-state index contributed by atoms with van der Waals surface area (Å²) in [5.74, 6) is -2.94. The smallest absolute Gasteiger partial charge is 0.328 e. The van der Waals surface area contributed by atoms with Crippen LogP contribution in [0, 0.1) is 11.6 Å². The Morgan fingerprint density at radius 1 is 1.12 bits per heavy atom. The minimum atomic E-state index is -4.31. The van der Waals surface area contributed by atoms with Crippen LogP contribution in [0.25, 0.3) is 0 Å². The molecule has 10 heteroatoms. The molecule has 0 bridgehead atoms. The number of benzene rings is 2. The number of sulfonamides is 1. The van der Waals surface area contributed by atoms with Gasteiger partial charge < -0.3 is 4.74 Å². The Morgan fingerprint density at radius 2 is 1.80 bits per heavy atom. The first kappa shape index (κ1) is 19.6. The van der Waals surface area contributed by atoms with E-state index in [1.165, 1.54) is 6.07 Å². The molecular weight excluding hydrogens is 399 g/mol. The zero-order valence-corrected chi connectivity index (χ0v) is 14.9. The molecule has 1 unspecified atom stereocenters. The van der Waals surface area contributed by atoms with Gasteiger partial charge in [-0.3, -0.25) is 0 Å². The lowest BCUT2D eigenvalue weighted by Crippen LogP contribution is -2.35. The second-order valence-corrected chi connectivity index (χ2v) is 7.35. The van der Waals surface area contributed by atoms with Gasteiger partial charge in [0.1, 0.15) is 17.7 Å². The maximum Gasteiger partial charge on any atom is 0.328 e. The molecule has 25 heavy (non-hydrogen) atoms. The average Bonchev–Trinajstić information content (AvgIpc) is 2.56. The van der Waals surface area contributed by atoms with Gasteiger partial charge in [-0.2, -0.15) is 4.72 Å². The summed E-state index contributed by atoms with van der Waals surface area (Å²) in [4.78, 5) is 11.6. The van der Waals surface area contributed by atoms with Crippen LogP contribution in [0.1, 0.15) is 11.6 Å². The van der Waals surface area contributed by atoms with Gasteiger partial charge in [0.15, 0.2) is 0 Å². The van der Waals surface area contributed by atoms with Crippen molar-refractivity contribution in [1.29, 1.82) is 0 Å². The lowest BCUT2D eigenvalue weighted by molar-refractivity contribution is -0.142. The minimum Gasteiger partial charge on any atom is -0.468 e. The number of ether oxygens (including phenoxy) is 1. The summed E-state index contributed by atoms with van der Waals surface area (Å²) < 4.78 is 58.7. The number of carbonyl (C=O) groups excluding carboxylic acids is 1. The largest absolute Gasteiger partial charge is 0.468 e. The van der Waals surface area contributed by atoms with Crippen LogP contribution in [0.15, 0.2) is 41.3 Å². The van der Waals surface area contributed by atoms with E-state index in [1.807, 2.05) is 4.72 Å². The molecule has 0 aliphatic heterocycles. The number of halogens is 4. The average molecular weight is 410 g/mol. The molecule has 2 rings (SSSR count). The zero-order chi connectivity index (χ0) is 18.8. The molecule has 0 aromatic heterocycles. The molecule has 0 amide bonds. The molecule has 2 aromatic rings. The number of hydrogen-bond acceptors (Lipinski definition) is 4. The fraction of sp³-hybridized carbons (Fsp3) is 0.133. The Morgan fingerprint density at radius 3 is 2.40 bits per heavy atom. The lowest BCUT2D eigenvalue weighted by atomic mass is 10.1. The SMILES string of the molecule is COC(=O)C(NS(=O)(=O)c1ccc(Cl)c(Cl)c1)c1cc(F)ccc1F. The van der Waals surface area contributed by atoms with E-state index in [4.69, 9.17) is 23.2 Å². The number of carbonyl (C=O) groups is 1. The van der Waals surface area contributed by atoms with E-state index in [1.54, 1.807) is 0 Å². The number of nitrogens with one attached hydrogen (secondary N) is 1. The van der Waals surface area contributed by atoms with Crippen molar-refractivity contribution in [3.63, 3.8) is 0 Å². The molecule has 2 aromatic carbocycles. The van der Waals surface area contributed by atoms with Gasteiger partial charge in [-0.05, 0) is 36.4 Å². The van der Waals surface area contributed by atoms with Crippen molar-refractivity contribution in [1.82, 2.24) is 4.72 Å². The van der Waals surface area contributed by atoms with Crippen molar-refractivity contribution in [2.75, 3.05) is 7.11 Å². The second kappa shape index (κ2) is 7.65. The van der Waals surface area contributed by atoms with Gasteiger partial charge in [-0.25, -0.2) is 22.0 Å². The molecule has 0 fully saturated rings. The molecule has 0 radical (unpaired) electrons. The van der Waals surface area contributed by atoms with Crippen molar-refractivity contribution >= 4 is 39.2 Å². The molecule has 0 saturated carbocycles. The van der Waals surface area contributed by atoms with Gasteiger partial charge in [0.2, 0.25) is 10.0 Å². The van der Waals surface area contributed by atoms with Crippen LogP contribution in [0.4, 0.5) is 8.78 Å². The van der Waals surface area contributed by atoms with Gasteiger partial charge in [-0.1, -0.05) is 23.2 Å². The van der Waals surface area contributed by atoms with E-state index in [9.17, 15) is 22.0 Å². The quantitative estimate of drug-likeness (QED) is 0.767. The van der Waals surface area contributed by atoms with Crippen molar-refractivity contribution in [2.45, 2.75) is 10.9 Å². The Hall–Kier alpha value is -1.74. The highest BCUT2D eigenvalue weighted by Gasteiger charge is 2.30. The Kier molecular flexibility index (Phi) is 5.99. The van der Waals surface area contributed by atoms with E-state index in [-0.39, 0.29) is 14.9 Å². The predicted molar refractivity (Wildman–Crippen MR) is 87.9 cm³/mol. The van der Waals surface area contributed by atoms with Crippen LogP contribution in [-0.4, -0.2) is 21.5 Å². The van der Waals surface area contributed by atoms with Crippen LogP contribution >= 0.6 is 23.2 Å². The summed E-state index contributed by atoms with van der Waals surface area (Å²) >= 11 is 11.5. The van der Waals surface area contributed by atoms with Crippen LogP contribution in [0.3, 0.4) is 0 Å². The third-order valence-corrected chi connectivity index (χ3v) is 5.34. The molecule has 0 aliphatic rings. The molecule has 1 atom stereocenters. The summed E-state index contributed by atoms with van der Waals surface area (Å²) in [7, 11) is -3.33. The van der Waals surface area contributed by atoms with Crippen molar-refractivity contribution in [2.24, 2.45) is 0 Å². The van der Waals surface area contributed by atoms with Gasteiger partial charge in [0.05, 0.1) is 22.1 Å². The monoisotopic (exact) mass is 409 g/mol. The number of methoxy groups -OCH3 is 1. The first-order valence-corrected chi connectivity index (χ1v) is 8.90. The van der Waals surface area contributed by atoms with Crippen LogP contribution in [0.2, 0.25) is 10.0 Å². The molecule has 134 valence electrons. The Bertz CT molecular complexity index is 922. The van der Waals surface area contributed by atoms with Gasteiger partial charge in [0, 0.05) is 5.56 Å². The number of esters is 1. The normalized spacial score (nSPS) is 12.7. The number of rotatable bonds is 5. The minimum absolute atomic E-state index is 0.0314. The predicted octanol–water partition coefficient (Wildman–Crippen LogP) is 3.46. The first-order valence-electron chi connectivity index (χ1n) is 6.66. The molecule has 1 N–H and O–H groups in total. The third-order valence-electron chi connectivity index (χ3n) is 3.18. The fourth-order valence-electron chi connectivity index (χ4n) is 1.96. The van der Waals surface area contributed by atoms with Gasteiger partial charge in [0.25, 0.3) is 0 Å². The van der Waals surface area contributed by atoms with Crippen LogP contribution in [-0.2, 0) is 19.6 Å². The van der Waals surface area contributed by atoms with Crippen LogP contribution < -0.4 is 4.72 Å². The lowest BCUT2D eigenvalue weighted by Gasteiger charge is -2.18. The zero-order valence-electron chi connectivity index (χ0n) is 12.6. The van der Waals surface area contributed by atoms with Crippen molar-refractivity contribution in [3.8, 4) is 0 Å². The molecule has 0 heterocycles. The summed E-state index contributed by atoms with van der Waals surface area (Å²) in [6, 6.07) is 3.97. The highest BCUT2D eigenvalue weighted by atomic mass is 35.5. The highest BCUT2D eigenvalue weighted by molar-refractivity contribution is 7.89. The topological polar surface area (TPSA) is 72.5 Å². The fourth-order valence-corrected chi connectivity index (χ4v) is 3.51. The second-order valence-electron chi connectivity index (χ2n) is 4.82. The van der Waals surface area contributed by atoms with Crippen molar-refractivity contribution in [3.05, 3.63) is 63.6 Å². The maximum absolute atomic E-state index is 14.0. The number of hydrogen-bond donors (Lipinski definition) is 1. The summed E-state index contributed by atoms with van der Waals surface area (Å²) in [5, 5.41) is 0.0948. The summed E-state index contributed by atoms with van der Waals surface area (Å²) in [6.45, 7) is 0. The molecule has 0 aliphatic carbocycles. The first-order chi connectivity index (χ1) is 11.7. The summed E-state index contributed by atoms with van der Waals surface area (Å²) in [6.07, 6.45) is 0. The standard InChI is InChI=1S/C15H11Cl2F2NO4S/c1-24-15(21)14(10-6-8(18)2-5-13(10)19)20-25(22,23)9-3-4-11(16)12(17)7-9/h2-7,14,20H,1H3. The molecule has 0 spiro atoms. The van der Waals surface area contributed by atoms with E-state index in [0.717, 1.165) is 31.4 Å². The van der Waals surface area contributed by atoms with E-state index in [2.05, 4.69) is 4.74 Å². The van der Waals surface area contributed by atoms with Gasteiger partial charge >= 0.3 is 5.97 Å². The van der Waals surface area contributed by atoms with E-state index < -0.39 is 39.2 Å². The van der Waals surface area contributed by atoms with E-state index in [0.29, 0.717) is 6.07 Å². The van der Waals surface area contributed by atoms with E-state index >= 15 is 0 Å². The molecule has 5 nitrogen and oxygen atoms in total. The highest BCUT2D eigenvalue weighted by Crippen LogP contribution is 2.27. The molecular formula is C15H11Cl2F2NO4S. The Labute approximate surface area is 152 Å². The Balaban J connectivity index is 2.47. The maximum atomic E-state index is 14.0. The molecule has 0 saturated heterocycles. The summed E-state index contributed by atoms with van der Waals surface area (Å²) in [5.41, 5.74) is -0.518. The van der Waals surface area contributed by atoms with Crippen molar-refractivity contribution < 1.29 is 26.7 Å². The van der Waals surface area contributed by atoms with Crippen LogP contribution in [0.5, 0.6) is 0 Å². The van der Waals surface area contributed by atoms with Gasteiger partial charge in [-0.15, -0.1) is 0 Å².